The normalized spacial score (nSPS) is 12.3. The van der Waals surface area contributed by atoms with Crippen LogP contribution in [0.25, 0.3) is 11.0 Å². The summed E-state index contributed by atoms with van der Waals surface area (Å²) >= 11 is 0. The Labute approximate surface area is 86.6 Å². The molecule has 0 radical (unpaired) electrons. The molecule has 0 aliphatic rings. The van der Waals surface area contributed by atoms with Gasteiger partial charge in [-0.25, -0.2) is 4.98 Å². The topological polar surface area (TPSA) is 69.5 Å². The molecular formula is C11H9N3O. The Morgan fingerprint density at radius 2 is 2.27 bits per heavy atom. The number of aromatic nitrogens is 2. The fourth-order valence-corrected chi connectivity index (χ4v) is 1.33. The predicted molar refractivity (Wildman–Crippen MR) is 55.2 cm³/mol. The first-order valence-corrected chi connectivity index (χ1v) is 4.61. The highest BCUT2D eigenvalue weighted by Crippen LogP contribution is 2.12. The van der Waals surface area contributed by atoms with Gasteiger partial charge in [0, 0.05) is 0 Å². The van der Waals surface area contributed by atoms with E-state index in [1.807, 2.05) is 30.3 Å². The molecule has 15 heavy (non-hydrogen) atoms. The number of rotatable bonds is 2. The van der Waals surface area contributed by atoms with Crippen molar-refractivity contribution in [2.45, 2.75) is 6.92 Å². The van der Waals surface area contributed by atoms with Gasteiger partial charge in [0.1, 0.15) is 5.92 Å². The van der Waals surface area contributed by atoms with Crippen LogP contribution in [0.2, 0.25) is 0 Å². The summed E-state index contributed by atoms with van der Waals surface area (Å²) in [6.07, 6.45) is 0. The van der Waals surface area contributed by atoms with Gasteiger partial charge in [-0.05, 0) is 19.1 Å². The lowest BCUT2D eigenvalue weighted by molar-refractivity contribution is 0.0947. The van der Waals surface area contributed by atoms with E-state index >= 15 is 0 Å². The Morgan fingerprint density at radius 1 is 1.53 bits per heavy atom. The number of aromatic amines is 1. The first kappa shape index (κ1) is 9.41. The monoisotopic (exact) mass is 199 g/mol. The highest BCUT2D eigenvalue weighted by atomic mass is 16.1. The van der Waals surface area contributed by atoms with Gasteiger partial charge in [0.25, 0.3) is 0 Å². The molecule has 0 saturated carbocycles. The maximum absolute atomic E-state index is 11.6. The Kier molecular flexibility index (Phi) is 2.22. The lowest BCUT2D eigenvalue weighted by Gasteiger charge is -1.95. The van der Waals surface area contributed by atoms with E-state index in [1.165, 1.54) is 0 Å². The van der Waals surface area contributed by atoms with Gasteiger partial charge in [0.2, 0.25) is 5.78 Å². The number of fused-ring (bicyclic) bond motifs is 1. The molecule has 1 heterocycles. The molecule has 74 valence electrons. The molecule has 1 aromatic carbocycles. The third-order valence-electron chi connectivity index (χ3n) is 2.21. The van der Waals surface area contributed by atoms with Crippen LogP contribution in [-0.2, 0) is 0 Å². The van der Waals surface area contributed by atoms with E-state index < -0.39 is 5.92 Å². The molecule has 1 aromatic heterocycles. The maximum Gasteiger partial charge on any atom is 0.214 e. The number of carbonyl (C=O) groups is 1. The highest BCUT2D eigenvalue weighted by Gasteiger charge is 2.17. The first-order chi connectivity index (χ1) is 7.22. The van der Waals surface area contributed by atoms with Crippen molar-refractivity contribution in [1.29, 1.82) is 5.26 Å². The van der Waals surface area contributed by atoms with Gasteiger partial charge >= 0.3 is 0 Å². The fraction of sp³-hybridized carbons (Fsp3) is 0.182. The average Bonchev–Trinajstić information content (AvgIpc) is 2.70. The van der Waals surface area contributed by atoms with Crippen molar-refractivity contribution in [2.75, 3.05) is 0 Å². The minimum atomic E-state index is -0.662. The van der Waals surface area contributed by atoms with Crippen molar-refractivity contribution in [1.82, 2.24) is 9.97 Å². The number of nitrogens with one attached hydrogen (secondary N) is 1. The highest BCUT2D eigenvalue weighted by molar-refractivity contribution is 5.98. The lowest BCUT2D eigenvalue weighted by Crippen LogP contribution is -2.10. The van der Waals surface area contributed by atoms with Crippen molar-refractivity contribution in [2.24, 2.45) is 5.92 Å². The minimum absolute atomic E-state index is 0.255. The number of Topliss-reactive ketones (excluding diaryl/α,β-unsaturated/α-hetero) is 1. The number of hydrogen-bond donors (Lipinski definition) is 1. The molecule has 4 nitrogen and oxygen atoms in total. The van der Waals surface area contributed by atoms with Crippen LogP contribution in [0.5, 0.6) is 0 Å². The summed E-state index contributed by atoms with van der Waals surface area (Å²) in [5.41, 5.74) is 1.55. The SMILES string of the molecule is CC(C#N)C(=O)c1nc2ccccc2[nH]1. The maximum atomic E-state index is 11.6. The second kappa shape index (κ2) is 3.54. The number of benzene rings is 1. The molecule has 0 aliphatic carbocycles. The summed E-state index contributed by atoms with van der Waals surface area (Å²) in [4.78, 5) is 18.7. The summed E-state index contributed by atoms with van der Waals surface area (Å²) < 4.78 is 0. The number of nitrogens with zero attached hydrogens (tertiary/aromatic N) is 2. The van der Waals surface area contributed by atoms with Crippen LogP contribution in [0, 0.1) is 17.2 Å². The second-order valence-corrected chi connectivity index (χ2v) is 3.32. The van der Waals surface area contributed by atoms with E-state index in [0.717, 1.165) is 11.0 Å². The molecule has 1 N–H and O–H groups in total. The fourth-order valence-electron chi connectivity index (χ4n) is 1.33. The van der Waals surface area contributed by atoms with Gasteiger partial charge in [-0.2, -0.15) is 5.26 Å². The second-order valence-electron chi connectivity index (χ2n) is 3.32. The molecule has 0 saturated heterocycles. The van der Waals surface area contributed by atoms with Gasteiger partial charge in [-0.1, -0.05) is 12.1 Å². The molecule has 0 amide bonds. The molecule has 2 aromatic rings. The summed E-state index contributed by atoms with van der Waals surface area (Å²) in [6, 6.07) is 9.28. The van der Waals surface area contributed by atoms with Crippen LogP contribution >= 0.6 is 0 Å². The number of imidazole rings is 1. The lowest BCUT2D eigenvalue weighted by atomic mass is 10.1. The van der Waals surface area contributed by atoms with E-state index in [4.69, 9.17) is 5.26 Å². The van der Waals surface area contributed by atoms with Crippen LogP contribution in [0.1, 0.15) is 17.5 Å². The van der Waals surface area contributed by atoms with Crippen molar-refractivity contribution >= 4 is 16.8 Å². The van der Waals surface area contributed by atoms with E-state index in [2.05, 4.69) is 9.97 Å². The molecule has 0 bridgehead atoms. The number of H-pyrrole nitrogens is 1. The van der Waals surface area contributed by atoms with Crippen LogP contribution in [-0.4, -0.2) is 15.8 Å². The van der Waals surface area contributed by atoms with Crippen molar-refractivity contribution < 1.29 is 4.79 Å². The van der Waals surface area contributed by atoms with Crippen LogP contribution in [0.3, 0.4) is 0 Å². The zero-order valence-corrected chi connectivity index (χ0v) is 8.19. The number of nitriles is 1. The third kappa shape index (κ3) is 1.59. The molecule has 1 unspecified atom stereocenters. The molecule has 4 heteroatoms. The zero-order chi connectivity index (χ0) is 10.8. The first-order valence-electron chi connectivity index (χ1n) is 4.61. The van der Waals surface area contributed by atoms with Crippen LogP contribution < -0.4 is 0 Å². The number of hydrogen-bond acceptors (Lipinski definition) is 3. The van der Waals surface area contributed by atoms with Crippen LogP contribution in [0.15, 0.2) is 24.3 Å². The number of para-hydroxylation sites is 2. The number of carbonyl (C=O) groups excluding carboxylic acids is 1. The summed E-state index contributed by atoms with van der Waals surface area (Å²) in [5.74, 6) is -0.676. The number of ketones is 1. The van der Waals surface area contributed by atoms with Gasteiger partial charge in [0.15, 0.2) is 5.82 Å². The van der Waals surface area contributed by atoms with E-state index in [0.29, 0.717) is 0 Å². The molecule has 0 aliphatic heterocycles. The Balaban J connectivity index is 2.46. The third-order valence-corrected chi connectivity index (χ3v) is 2.21. The van der Waals surface area contributed by atoms with E-state index in [1.54, 1.807) is 6.92 Å². The Morgan fingerprint density at radius 3 is 2.93 bits per heavy atom. The molecule has 2 rings (SSSR count). The van der Waals surface area contributed by atoms with Gasteiger partial charge in [-0.15, -0.1) is 0 Å². The van der Waals surface area contributed by atoms with Crippen molar-refractivity contribution in [3.05, 3.63) is 30.1 Å². The Bertz CT molecular complexity index is 517. The van der Waals surface area contributed by atoms with Gasteiger partial charge in [-0.3, -0.25) is 4.79 Å². The van der Waals surface area contributed by atoms with Gasteiger partial charge < -0.3 is 4.98 Å². The largest absolute Gasteiger partial charge is 0.335 e. The summed E-state index contributed by atoms with van der Waals surface area (Å²) in [7, 11) is 0. The minimum Gasteiger partial charge on any atom is -0.335 e. The van der Waals surface area contributed by atoms with E-state index in [9.17, 15) is 4.79 Å². The van der Waals surface area contributed by atoms with E-state index in [-0.39, 0.29) is 11.6 Å². The van der Waals surface area contributed by atoms with Crippen molar-refractivity contribution in [3.8, 4) is 6.07 Å². The van der Waals surface area contributed by atoms with Crippen LogP contribution in [0.4, 0.5) is 0 Å². The molecule has 0 spiro atoms. The molecule has 0 fully saturated rings. The predicted octanol–water partition coefficient (Wildman–Crippen LogP) is 1.91. The average molecular weight is 199 g/mol. The molecule has 1 atom stereocenters. The smallest absolute Gasteiger partial charge is 0.214 e. The van der Waals surface area contributed by atoms with Crippen molar-refractivity contribution in [3.63, 3.8) is 0 Å². The quantitative estimate of drug-likeness (QED) is 0.751. The zero-order valence-electron chi connectivity index (χ0n) is 8.19. The summed E-state index contributed by atoms with van der Waals surface area (Å²) in [5, 5.41) is 8.63. The van der Waals surface area contributed by atoms with Gasteiger partial charge in [0.05, 0.1) is 17.1 Å². The summed E-state index contributed by atoms with van der Waals surface area (Å²) in [6.45, 7) is 1.56. The molecular weight excluding hydrogens is 190 g/mol. The standard InChI is InChI=1S/C11H9N3O/c1-7(6-12)10(15)11-13-8-4-2-3-5-9(8)14-11/h2-5,7H,1H3,(H,13,14). The Hall–Kier alpha value is -2.15.